The molecule has 0 N–H and O–H groups in total. The summed E-state index contributed by atoms with van der Waals surface area (Å²) in [7, 11) is 1.71. The second-order valence-electron chi connectivity index (χ2n) is 4.51. The highest BCUT2D eigenvalue weighted by Gasteiger charge is 2.11. The fourth-order valence-electron chi connectivity index (χ4n) is 2.06. The molecule has 0 saturated carbocycles. The number of ether oxygens (including phenoxy) is 1. The van der Waals surface area contributed by atoms with Gasteiger partial charge in [-0.1, -0.05) is 28.1 Å². The summed E-state index contributed by atoms with van der Waals surface area (Å²) in [4.78, 5) is 1.43. The molecular formula is C15H16Br2OS. The van der Waals surface area contributed by atoms with E-state index in [1.165, 1.54) is 14.9 Å². The van der Waals surface area contributed by atoms with Crippen molar-refractivity contribution in [2.45, 2.75) is 12.8 Å². The van der Waals surface area contributed by atoms with Crippen LogP contribution in [0.2, 0.25) is 0 Å². The molecule has 2 rings (SSSR count). The Morgan fingerprint density at radius 3 is 2.74 bits per heavy atom. The molecule has 0 radical (unpaired) electrons. The minimum atomic E-state index is 0.609. The van der Waals surface area contributed by atoms with Gasteiger partial charge < -0.3 is 4.74 Å². The monoisotopic (exact) mass is 402 g/mol. The predicted octanol–water partition coefficient (Wildman–Crippen LogP) is 5.32. The van der Waals surface area contributed by atoms with E-state index in [4.69, 9.17) is 4.74 Å². The maximum Gasteiger partial charge on any atom is 0.119 e. The molecule has 1 aromatic carbocycles. The van der Waals surface area contributed by atoms with Crippen molar-refractivity contribution in [3.8, 4) is 5.75 Å². The minimum Gasteiger partial charge on any atom is -0.497 e. The molecule has 19 heavy (non-hydrogen) atoms. The highest BCUT2D eigenvalue weighted by atomic mass is 79.9. The summed E-state index contributed by atoms with van der Waals surface area (Å²) < 4.78 is 6.46. The molecule has 1 aromatic heterocycles. The van der Waals surface area contributed by atoms with Crippen LogP contribution in [0.4, 0.5) is 0 Å². The van der Waals surface area contributed by atoms with Crippen molar-refractivity contribution in [3.05, 3.63) is 50.6 Å². The van der Waals surface area contributed by atoms with Gasteiger partial charge in [0.1, 0.15) is 5.75 Å². The molecule has 102 valence electrons. The number of halogens is 2. The lowest BCUT2D eigenvalue weighted by atomic mass is 9.97. The van der Waals surface area contributed by atoms with E-state index < -0.39 is 0 Å². The lowest BCUT2D eigenvalue weighted by Crippen LogP contribution is -2.09. The molecule has 4 heteroatoms. The Labute approximate surface area is 135 Å². The highest BCUT2D eigenvalue weighted by Crippen LogP contribution is 2.25. The van der Waals surface area contributed by atoms with Gasteiger partial charge >= 0.3 is 0 Å². The first kappa shape index (κ1) is 15.1. The highest BCUT2D eigenvalue weighted by molar-refractivity contribution is 9.10. The van der Waals surface area contributed by atoms with Gasteiger partial charge in [-0.25, -0.2) is 0 Å². The first-order valence-corrected chi connectivity index (χ1v) is 8.92. The number of benzene rings is 1. The zero-order valence-corrected chi connectivity index (χ0v) is 14.7. The number of thiophene rings is 1. The zero-order chi connectivity index (χ0) is 13.7. The molecule has 0 bridgehead atoms. The standard InChI is InChI=1S/C15H16Br2OS/c1-18-14-4-2-3-11(6-14)5-12(9-16)7-15-8-13(17)10-19-15/h2-4,6,8,10,12H,5,7,9H2,1H3. The number of rotatable bonds is 6. The van der Waals surface area contributed by atoms with Crippen LogP contribution >= 0.6 is 43.2 Å². The summed E-state index contributed by atoms with van der Waals surface area (Å²) in [5.74, 6) is 1.54. The van der Waals surface area contributed by atoms with E-state index >= 15 is 0 Å². The van der Waals surface area contributed by atoms with Crippen LogP contribution in [0.25, 0.3) is 0 Å². The van der Waals surface area contributed by atoms with E-state index in [9.17, 15) is 0 Å². The largest absolute Gasteiger partial charge is 0.497 e. The van der Waals surface area contributed by atoms with Crippen LogP contribution < -0.4 is 4.74 Å². The van der Waals surface area contributed by atoms with Crippen molar-refractivity contribution in [2.75, 3.05) is 12.4 Å². The first-order chi connectivity index (χ1) is 9.21. The Morgan fingerprint density at radius 1 is 1.26 bits per heavy atom. The van der Waals surface area contributed by atoms with Crippen molar-refractivity contribution in [2.24, 2.45) is 5.92 Å². The van der Waals surface area contributed by atoms with Crippen molar-refractivity contribution < 1.29 is 4.74 Å². The van der Waals surface area contributed by atoms with E-state index in [2.05, 4.69) is 61.5 Å². The fraction of sp³-hybridized carbons (Fsp3) is 0.333. The van der Waals surface area contributed by atoms with Crippen LogP contribution in [-0.2, 0) is 12.8 Å². The lowest BCUT2D eigenvalue weighted by molar-refractivity contribution is 0.414. The molecule has 0 aliphatic carbocycles. The van der Waals surface area contributed by atoms with Crippen molar-refractivity contribution in [1.29, 1.82) is 0 Å². The van der Waals surface area contributed by atoms with Crippen LogP contribution in [0.5, 0.6) is 5.75 Å². The van der Waals surface area contributed by atoms with Gasteiger partial charge in [-0.2, -0.15) is 0 Å². The molecule has 1 unspecified atom stereocenters. The summed E-state index contributed by atoms with van der Waals surface area (Å²) in [6.07, 6.45) is 2.18. The van der Waals surface area contributed by atoms with Crippen molar-refractivity contribution in [3.63, 3.8) is 0 Å². The van der Waals surface area contributed by atoms with Gasteiger partial charge in [0.2, 0.25) is 0 Å². The van der Waals surface area contributed by atoms with E-state index in [0.717, 1.165) is 23.9 Å². The third-order valence-electron chi connectivity index (χ3n) is 2.99. The topological polar surface area (TPSA) is 9.23 Å². The lowest BCUT2D eigenvalue weighted by Gasteiger charge is -2.13. The van der Waals surface area contributed by atoms with Gasteiger partial charge in [0.25, 0.3) is 0 Å². The maximum absolute atomic E-state index is 5.28. The summed E-state index contributed by atoms with van der Waals surface area (Å²) in [5, 5.41) is 3.16. The van der Waals surface area contributed by atoms with E-state index in [-0.39, 0.29) is 0 Å². The molecule has 2 aromatic rings. The second-order valence-corrected chi connectivity index (χ2v) is 7.07. The molecule has 1 atom stereocenters. The normalized spacial score (nSPS) is 12.4. The summed E-state index contributed by atoms with van der Waals surface area (Å²) in [5.41, 5.74) is 1.33. The van der Waals surface area contributed by atoms with E-state index in [0.29, 0.717) is 5.92 Å². The molecule has 0 fully saturated rings. The van der Waals surface area contributed by atoms with Crippen LogP contribution in [0, 0.1) is 5.92 Å². The zero-order valence-electron chi connectivity index (χ0n) is 10.7. The average molecular weight is 404 g/mol. The quantitative estimate of drug-likeness (QED) is 0.593. The predicted molar refractivity (Wildman–Crippen MR) is 89.7 cm³/mol. The number of hydrogen-bond donors (Lipinski definition) is 0. The molecule has 1 heterocycles. The van der Waals surface area contributed by atoms with Crippen molar-refractivity contribution in [1.82, 2.24) is 0 Å². The summed E-state index contributed by atoms with van der Waals surface area (Å²) >= 11 is 8.97. The average Bonchev–Trinajstić information content (AvgIpc) is 2.83. The summed E-state index contributed by atoms with van der Waals surface area (Å²) in [6.45, 7) is 0. The Balaban J connectivity index is 2.01. The fourth-order valence-corrected chi connectivity index (χ4v) is 4.08. The SMILES string of the molecule is COc1cccc(CC(CBr)Cc2cc(Br)cs2)c1. The van der Waals surface area contributed by atoms with Gasteiger partial charge in [0.05, 0.1) is 7.11 Å². The van der Waals surface area contributed by atoms with Crippen LogP contribution in [0.15, 0.2) is 40.2 Å². The Morgan fingerprint density at radius 2 is 2.11 bits per heavy atom. The maximum atomic E-state index is 5.28. The first-order valence-electron chi connectivity index (χ1n) is 6.13. The van der Waals surface area contributed by atoms with Gasteiger partial charge in [0.15, 0.2) is 0 Å². The summed E-state index contributed by atoms with van der Waals surface area (Å²) in [6, 6.07) is 10.6. The Bertz CT molecular complexity index is 524. The Kier molecular flexibility index (Phi) is 5.92. The third-order valence-corrected chi connectivity index (χ3v) is 5.62. The molecule has 0 amide bonds. The van der Waals surface area contributed by atoms with Gasteiger partial charge in [0, 0.05) is 20.1 Å². The molecule has 0 aliphatic heterocycles. The van der Waals surface area contributed by atoms with Crippen molar-refractivity contribution >= 4 is 43.2 Å². The molecular weight excluding hydrogens is 388 g/mol. The van der Waals surface area contributed by atoms with E-state index in [1.54, 1.807) is 7.11 Å². The van der Waals surface area contributed by atoms with Crippen LogP contribution in [-0.4, -0.2) is 12.4 Å². The van der Waals surface area contributed by atoms with Crippen LogP contribution in [0.1, 0.15) is 10.4 Å². The Hall–Kier alpha value is -0.320. The van der Waals surface area contributed by atoms with Gasteiger partial charge in [-0.05, 0) is 58.5 Å². The molecule has 0 spiro atoms. The number of alkyl halides is 1. The van der Waals surface area contributed by atoms with Crippen LogP contribution in [0.3, 0.4) is 0 Å². The minimum absolute atomic E-state index is 0.609. The molecule has 1 nitrogen and oxygen atoms in total. The number of methoxy groups -OCH3 is 1. The van der Waals surface area contributed by atoms with Gasteiger partial charge in [-0.15, -0.1) is 11.3 Å². The van der Waals surface area contributed by atoms with E-state index in [1.807, 2.05) is 17.4 Å². The molecule has 0 aliphatic rings. The smallest absolute Gasteiger partial charge is 0.119 e. The number of hydrogen-bond acceptors (Lipinski definition) is 2. The third kappa shape index (κ3) is 4.62. The second kappa shape index (κ2) is 7.46. The van der Waals surface area contributed by atoms with Gasteiger partial charge in [-0.3, -0.25) is 0 Å². The molecule has 0 saturated heterocycles.